The Labute approximate surface area is 111 Å². The summed E-state index contributed by atoms with van der Waals surface area (Å²) in [5.41, 5.74) is 5.73. The van der Waals surface area contributed by atoms with Crippen molar-refractivity contribution in [3.8, 4) is 0 Å². The molecule has 0 bridgehead atoms. The average Bonchev–Trinajstić information content (AvgIpc) is 2.27. The fraction of sp³-hybridized carbons (Fsp3) is 0.625. The highest BCUT2D eigenvalue weighted by molar-refractivity contribution is 5.37. The van der Waals surface area contributed by atoms with Gasteiger partial charge in [0, 0.05) is 12.1 Å². The van der Waals surface area contributed by atoms with Crippen molar-refractivity contribution in [2.24, 2.45) is 0 Å². The van der Waals surface area contributed by atoms with Crippen molar-refractivity contribution in [3.05, 3.63) is 34.4 Å². The van der Waals surface area contributed by atoms with Crippen LogP contribution < -0.4 is 5.32 Å². The summed E-state index contributed by atoms with van der Waals surface area (Å²) in [6.45, 7) is 10.5. The van der Waals surface area contributed by atoms with Crippen molar-refractivity contribution in [2.75, 3.05) is 13.2 Å². The van der Waals surface area contributed by atoms with E-state index in [9.17, 15) is 0 Å². The zero-order chi connectivity index (χ0) is 13.1. The lowest BCUT2D eigenvalue weighted by molar-refractivity contribution is 0.0483. The minimum atomic E-state index is 0.490. The Bertz CT molecular complexity index is 391. The van der Waals surface area contributed by atoms with Crippen LogP contribution in [0.3, 0.4) is 0 Å². The molecule has 1 fully saturated rings. The normalized spacial score (nSPS) is 24.2. The lowest BCUT2D eigenvalue weighted by Crippen LogP contribution is -2.47. The summed E-state index contributed by atoms with van der Waals surface area (Å²) in [4.78, 5) is 0. The number of rotatable bonds is 3. The smallest absolute Gasteiger partial charge is 0.0620 e. The fourth-order valence-corrected chi connectivity index (χ4v) is 2.98. The third-order valence-electron chi connectivity index (χ3n) is 3.79. The molecule has 0 radical (unpaired) electrons. The van der Waals surface area contributed by atoms with E-state index < -0.39 is 0 Å². The van der Waals surface area contributed by atoms with Crippen molar-refractivity contribution in [1.82, 2.24) is 5.32 Å². The summed E-state index contributed by atoms with van der Waals surface area (Å²) in [6.07, 6.45) is 2.31. The molecule has 2 atom stereocenters. The van der Waals surface area contributed by atoms with Gasteiger partial charge in [0.2, 0.25) is 0 Å². The Kier molecular flexibility index (Phi) is 4.41. The summed E-state index contributed by atoms with van der Waals surface area (Å²) < 4.78 is 5.60. The molecule has 2 unspecified atom stereocenters. The van der Waals surface area contributed by atoms with Crippen molar-refractivity contribution in [3.63, 3.8) is 0 Å². The van der Waals surface area contributed by atoms with Crippen LogP contribution in [-0.2, 0) is 11.2 Å². The molecule has 1 N–H and O–H groups in total. The molecule has 1 aromatic carbocycles. The summed E-state index contributed by atoms with van der Waals surface area (Å²) in [6, 6.07) is 5.57. The Hall–Kier alpha value is -0.860. The topological polar surface area (TPSA) is 21.3 Å². The molecule has 0 saturated carbocycles. The SMILES string of the molecule is Cc1cc(C)c(CCC2COCC(C)N2)c(C)c1. The molecule has 2 heteroatoms. The van der Waals surface area contributed by atoms with Gasteiger partial charge in [-0.1, -0.05) is 17.7 Å². The molecule has 1 saturated heterocycles. The van der Waals surface area contributed by atoms with Crippen LogP contribution in [0.2, 0.25) is 0 Å². The first-order valence-corrected chi connectivity index (χ1v) is 6.97. The minimum absolute atomic E-state index is 0.490. The number of hydrogen-bond acceptors (Lipinski definition) is 2. The highest BCUT2D eigenvalue weighted by Crippen LogP contribution is 2.19. The van der Waals surface area contributed by atoms with Crippen molar-refractivity contribution in [2.45, 2.75) is 52.6 Å². The molecule has 0 spiro atoms. The van der Waals surface area contributed by atoms with Gasteiger partial charge in [0.1, 0.15) is 0 Å². The van der Waals surface area contributed by atoms with Crippen LogP contribution in [0, 0.1) is 20.8 Å². The van der Waals surface area contributed by atoms with E-state index in [2.05, 4.69) is 45.1 Å². The molecular weight excluding hydrogens is 222 g/mol. The molecule has 2 nitrogen and oxygen atoms in total. The van der Waals surface area contributed by atoms with Gasteiger partial charge in [0.15, 0.2) is 0 Å². The van der Waals surface area contributed by atoms with Crippen LogP contribution in [0.1, 0.15) is 35.6 Å². The van der Waals surface area contributed by atoms with E-state index in [1.54, 1.807) is 0 Å². The number of aryl methyl sites for hydroxylation is 3. The van der Waals surface area contributed by atoms with Crippen molar-refractivity contribution in [1.29, 1.82) is 0 Å². The maximum absolute atomic E-state index is 5.60. The van der Waals surface area contributed by atoms with E-state index in [0.29, 0.717) is 12.1 Å². The van der Waals surface area contributed by atoms with E-state index >= 15 is 0 Å². The first-order chi connectivity index (χ1) is 8.56. The Balaban J connectivity index is 1.97. The second-order valence-corrected chi connectivity index (χ2v) is 5.72. The van der Waals surface area contributed by atoms with Crippen LogP contribution in [0.4, 0.5) is 0 Å². The minimum Gasteiger partial charge on any atom is -0.378 e. The van der Waals surface area contributed by atoms with Crippen LogP contribution in [0.25, 0.3) is 0 Å². The average molecular weight is 247 g/mol. The largest absolute Gasteiger partial charge is 0.378 e. The number of morpholine rings is 1. The summed E-state index contributed by atoms with van der Waals surface area (Å²) in [5, 5.41) is 3.61. The lowest BCUT2D eigenvalue weighted by Gasteiger charge is -2.29. The summed E-state index contributed by atoms with van der Waals surface area (Å²) in [5.74, 6) is 0. The first kappa shape index (κ1) is 13.6. The molecule has 2 rings (SSSR count). The Morgan fingerprint density at radius 1 is 1.17 bits per heavy atom. The van der Waals surface area contributed by atoms with Gasteiger partial charge in [-0.3, -0.25) is 0 Å². The number of nitrogens with one attached hydrogen (secondary N) is 1. The number of hydrogen-bond donors (Lipinski definition) is 1. The number of ether oxygens (including phenoxy) is 1. The van der Waals surface area contributed by atoms with Gasteiger partial charge in [0.25, 0.3) is 0 Å². The first-order valence-electron chi connectivity index (χ1n) is 6.97. The molecule has 1 aliphatic heterocycles. The maximum atomic E-state index is 5.60. The molecule has 1 aliphatic rings. The van der Waals surface area contributed by atoms with Gasteiger partial charge >= 0.3 is 0 Å². The molecule has 0 aromatic heterocycles. The van der Waals surface area contributed by atoms with Crippen molar-refractivity contribution < 1.29 is 4.74 Å². The van der Waals surface area contributed by atoms with E-state index in [1.165, 1.54) is 22.3 Å². The Morgan fingerprint density at radius 2 is 1.83 bits per heavy atom. The van der Waals surface area contributed by atoms with E-state index in [-0.39, 0.29) is 0 Å². The standard InChI is InChI=1S/C16H25NO/c1-11-7-12(2)16(13(3)8-11)6-5-15-10-18-9-14(4)17-15/h7-8,14-15,17H,5-6,9-10H2,1-4H3. The molecule has 1 heterocycles. The lowest BCUT2D eigenvalue weighted by atomic mass is 9.94. The van der Waals surface area contributed by atoms with Gasteiger partial charge in [0.05, 0.1) is 13.2 Å². The van der Waals surface area contributed by atoms with Gasteiger partial charge < -0.3 is 10.1 Å². The van der Waals surface area contributed by atoms with Crippen LogP contribution in [0.5, 0.6) is 0 Å². The molecule has 100 valence electrons. The van der Waals surface area contributed by atoms with Crippen LogP contribution in [-0.4, -0.2) is 25.3 Å². The van der Waals surface area contributed by atoms with E-state index in [1.807, 2.05) is 0 Å². The third-order valence-corrected chi connectivity index (χ3v) is 3.79. The third kappa shape index (κ3) is 3.33. The fourth-order valence-electron chi connectivity index (χ4n) is 2.98. The zero-order valence-electron chi connectivity index (χ0n) is 12.0. The predicted molar refractivity (Wildman–Crippen MR) is 76.2 cm³/mol. The molecule has 1 aromatic rings. The zero-order valence-corrected chi connectivity index (χ0v) is 12.0. The summed E-state index contributed by atoms with van der Waals surface area (Å²) >= 11 is 0. The molecule has 0 amide bonds. The van der Waals surface area contributed by atoms with Gasteiger partial charge in [-0.2, -0.15) is 0 Å². The van der Waals surface area contributed by atoms with Gasteiger partial charge in [-0.15, -0.1) is 0 Å². The van der Waals surface area contributed by atoms with Gasteiger partial charge in [-0.05, 0) is 57.2 Å². The van der Waals surface area contributed by atoms with Crippen molar-refractivity contribution >= 4 is 0 Å². The highest BCUT2D eigenvalue weighted by Gasteiger charge is 2.18. The number of benzene rings is 1. The molecule has 0 aliphatic carbocycles. The summed E-state index contributed by atoms with van der Waals surface area (Å²) in [7, 11) is 0. The molecule has 18 heavy (non-hydrogen) atoms. The highest BCUT2D eigenvalue weighted by atomic mass is 16.5. The monoisotopic (exact) mass is 247 g/mol. The second-order valence-electron chi connectivity index (χ2n) is 5.72. The second kappa shape index (κ2) is 5.85. The van der Waals surface area contributed by atoms with Crippen LogP contribution >= 0.6 is 0 Å². The maximum Gasteiger partial charge on any atom is 0.0620 e. The predicted octanol–water partition coefficient (Wildman–Crippen LogP) is 2.92. The molecular formula is C16H25NO. The van der Waals surface area contributed by atoms with E-state index in [0.717, 1.165) is 26.1 Å². The Morgan fingerprint density at radius 3 is 2.44 bits per heavy atom. The quantitative estimate of drug-likeness (QED) is 0.886. The van der Waals surface area contributed by atoms with E-state index in [4.69, 9.17) is 4.74 Å². The van der Waals surface area contributed by atoms with Crippen LogP contribution in [0.15, 0.2) is 12.1 Å². The van der Waals surface area contributed by atoms with Gasteiger partial charge in [-0.25, -0.2) is 0 Å².